The SMILES string of the molecule is O=C(O)c1n[nH]nc1Nc1ccc(C#CCC2CC2)cc1. The lowest BCUT2D eigenvalue weighted by molar-refractivity contribution is 0.0691. The molecular weight excluding hydrogens is 268 g/mol. The van der Waals surface area contributed by atoms with Crippen LogP contribution in [0.15, 0.2) is 24.3 Å². The highest BCUT2D eigenvalue weighted by Gasteiger charge is 2.19. The zero-order valence-electron chi connectivity index (χ0n) is 11.3. The van der Waals surface area contributed by atoms with Crippen molar-refractivity contribution >= 4 is 17.5 Å². The van der Waals surface area contributed by atoms with E-state index in [1.165, 1.54) is 12.8 Å². The highest BCUT2D eigenvalue weighted by molar-refractivity contribution is 5.91. The van der Waals surface area contributed by atoms with Gasteiger partial charge in [-0.25, -0.2) is 4.79 Å². The van der Waals surface area contributed by atoms with Crippen molar-refractivity contribution in [3.63, 3.8) is 0 Å². The average molecular weight is 282 g/mol. The lowest BCUT2D eigenvalue weighted by Crippen LogP contribution is -2.02. The predicted molar refractivity (Wildman–Crippen MR) is 77.3 cm³/mol. The van der Waals surface area contributed by atoms with E-state index in [2.05, 4.69) is 32.6 Å². The van der Waals surface area contributed by atoms with Crippen molar-refractivity contribution in [3.05, 3.63) is 35.5 Å². The summed E-state index contributed by atoms with van der Waals surface area (Å²) in [6.45, 7) is 0. The normalized spacial score (nSPS) is 13.3. The standard InChI is InChI=1S/C15H14N4O2/c20-15(21)13-14(18-19-17-13)16-12-8-6-11(7-9-12)3-1-2-10-4-5-10/h6-10H,2,4-5H2,(H,20,21)(H2,16,17,18,19). The Morgan fingerprint density at radius 2 is 2.10 bits per heavy atom. The van der Waals surface area contributed by atoms with Crippen LogP contribution in [0.3, 0.4) is 0 Å². The molecular formula is C15H14N4O2. The number of nitrogens with one attached hydrogen (secondary N) is 2. The molecule has 1 aromatic heterocycles. The van der Waals surface area contributed by atoms with Crippen molar-refractivity contribution < 1.29 is 9.90 Å². The van der Waals surface area contributed by atoms with Gasteiger partial charge in [0.2, 0.25) is 5.69 Å². The molecule has 0 saturated heterocycles. The molecule has 21 heavy (non-hydrogen) atoms. The summed E-state index contributed by atoms with van der Waals surface area (Å²) in [6, 6.07) is 7.45. The molecule has 1 heterocycles. The van der Waals surface area contributed by atoms with E-state index in [4.69, 9.17) is 5.11 Å². The summed E-state index contributed by atoms with van der Waals surface area (Å²) < 4.78 is 0. The molecule has 1 fully saturated rings. The number of aromatic carboxylic acids is 1. The Kier molecular flexibility index (Phi) is 3.56. The van der Waals surface area contributed by atoms with Gasteiger partial charge in [-0.05, 0) is 43.0 Å². The van der Waals surface area contributed by atoms with E-state index in [0.717, 1.165) is 23.6 Å². The van der Waals surface area contributed by atoms with E-state index in [-0.39, 0.29) is 11.5 Å². The van der Waals surface area contributed by atoms with Crippen LogP contribution in [0.25, 0.3) is 0 Å². The van der Waals surface area contributed by atoms with Gasteiger partial charge in [0.05, 0.1) is 0 Å². The minimum absolute atomic E-state index is 0.136. The molecule has 3 N–H and O–H groups in total. The molecule has 0 unspecified atom stereocenters. The third kappa shape index (κ3) is 3.39. The molecule has 1 saturated carbocycles. The minimum Gasteiger partial charge on any atom is -0.476 e. The van der Waals surface area contributed by atoms with Gasteiger partial charge >= 0.3 is 5.97 Å². The molecule has 3 rings (SSSR count). The molecule has 6 nitrogen and oxygen atoms in total. The van der Waals surface area contributed by atoms with E-state index < -0.39 is 5.97 Å². The number of carbonyl (C=O) groups is 1. The molecule has 0 amide bonds. The number of hydrogen-bond donors (Lipinski definition) is 3. The van der Waals surface area contributed by atoms with Crippen LogP contribution in [0.2, 0.25) is 0 Å². The van der Waals surface area contributed by atoms with E-state index in [0.29, 0.717) is 0 Å². The van der Waals surface area contributed by atoms with E-state index in [1.807, 2.05) is 24.3 Å². The van der Waals surface area contributed by atoms with Crippen LogP contribution in [0.5, 0.6) is 0 Å². The fourth-order valence-corrected chi connectivity index (χ4v) is 1.86. The smallest absolute Gasteiger partial charge is 0.360 e. The Morgan fingerprint density at radius 3 is 2.76 bits per heavy atom. The zero-order valence-corrected chi connectivity index (χ0v) is 11.3. The first-order valence-corrected chi connectivity index (χ1v) is 6.72. The summed E-state index contributed by atoms with van der Waals surface area (Å²) in [5, 5.41) is 21.5. The van der Waals surface area contributed by atoms with Gasteiger partial charge in [-0.15, -0.1) is 10.2 Å². The van der Waals surface area contributed by atoms with Crippen molar-refractivity contribution in [2.24, 2.45) is 5.92 Å². The van der Waals surface area contributed by atoms with Crippen LogP contribution >= 0.6 is 0 Å². The Balaban J connectivity index is 1.67. The van der Waals surface area contributed by atoms with Crippen LogP contribution in [-0.4, -0.2) is 26.5 Å². The molecule has 0 atom stereocenters. The van der Waals surface area contributed by atoms with Crippen LogP contribution in [-0.2, 0) is 0 Å². The van der Waals surface area contributed by atoms with Crippen molar-refractivity contribution in [3.8, 4) is 11.8 Å². The number of hydrogen-bond acceptors (Lipinski definition) is 4. The fraction of sp³-hybridized carbons (Fsp3) is 0.267. The summed E-state index contributed by atoms with van der Waals surface area (Å²) in [5.74, 6) is 6.17. The lowest BCUT2D eigenvalue weighted by atomic mass is 10.2. The van der Waals surface area contributed by atoms with Gasteiger partial charge in [0, 0.05) is 17.7 Å². The number of aromatic amines is 1. The number of aromatic nitrogens is 3. The topological polar surface area (TPSA) is 90.9 Å². The molecule has 0 aliphatic heterocycles. The molecule has 0 bridgehead atoms. The molecule has 1 aliphatic carbocycles. The third-order valence-corrected chi connectivity index (χ3v) is 3.22. The molecule has 1 aromatic carbocycles. The first-order chi connectivity index (χ1) is 10.2. The molecule has 0 radical (unpaired) electrons. The predicted octanol–water partition coefficient (Wildman–Crippen LogP) is 2.40. The second kappa shape index (κ2) is 5.67. The highest BCUT2D eigenvalue weighted by Crippen LogP contribution is 2.31. The quantitative estimate of drug-likeness (QED) is 0.749. The molecule has 0 spiro atoms. The van der Waals surface area contributed by atoms with Gasteiger partial charge in [-0.3, -0.25) is 0 Å². The van der Waals surface area contributed by atoms with Gasteiger partial charge in [0.15, 0.2) is 5.82 Å². The van der Waals surface area contributed by atoms with Crippen LogP contribution in [0.4, 0.5) is 11.5 Å². The fourth-order valence-electron chi connectivity index (χ4n) is 1.86. The second-order valence-corrected chi connectivity index (χ2v) is 4.98. The average Bonchev–Trinajstić information content (AvgIpc) is 3.17. The molecule has 2 aromatic rings. The van der Waals surface area contributed by atoms with Crippen LogP contribution < -0.4 is 5.32 Å². The molecule has 106 valence electrons. The summed E-state index contributed by atoms with van der Waals surface area (Å²) in [5.41, 5.74) is 1.54. The maximum Gasteiger partial charge on any atom is 0.360 e. The van der Waals surface area contributed by atoms with Crippen molar-refractivity contribution in [2.75, 3.05) is 5.32 Å². The first-order valence-electron chi connectivity index (χ1n) is 6.72. The largest absolute Gasteiger partial charge is 0.476 e. The Bertz CT molecular complexity index is 705. The maximum absolute atomic E-state index is 10.9. The summed E-state index contributed by atoms with van der Waals surface area (Å²) >= 11 is 0. The van der Waals surface area contributed by atoms with Crippen LogP contribution in [0, 0.1) is 17.8 Å². The van der Waals surface area contributed by atoms with Gasteiger partial charge in [0.1, 0.15) is 0 Å². The second-order valence-electron chi connectivity index (χ2n) is 4.98. The third-order valence-electron chi connectivity index (χ3n) is 3.22. The van der Waals surface area contributed by atoms with Crippen LogP contribution in [0.1, 0.15) is 35.3 Å². The van der Waals surface area contributed by atoms with E-state index >= 15 is 0 Å². The first kappa shape index (κ1) is 13.2. The van der Waals surface area contributed by atoms with Gasteiger partial charge < -0.3 is 10.4 Å². The number of H-pyrrole nitrogens is 1. The summed E-state index contributed by atoms with van der Waals surface area (Å²) in [7, 11) is 0. The van der Waals surface area contributed by atoms with Crippen molar-refractivity contribution in [1.29, 1.82) is 0 Å². The number of benzene rings is 1. The monoisotopic (exact) mass is 282 g/mol. The van der Waals surface area contributed by atoms with Crippen molar-refractivity contribution in [1.82, 2.24) is 15.4 Å². The number of nitrogens with zero attached hydrogens (tertiary/aromatic N) is 2. The Hall–Kier alpha value is -2.81. The molecule has 1 aliphatic rings. The lowest BCUT2D eigenvalue weighted by Gasteiger charge is -2.03. The number of carboxylic acid groups (broad SMARTS) is 1. The summed E-state index contributed by atoms with van der Waals surface area (Å²) in [6.07, 6.45) is 3.59. The van der Waals surface area contributed by atoms with Gasteiger partial charge in [-0.2, -0.15) is 5.21 Å². The number of rotatable bonds is 4. The summed E-state index contributed by atoms with van der Waals surface area (Å²) in [4.78, 5) is 10.9. The number of anilines is 2. The van der Waals surface area contributed by atoms with Gasteiger partial charge in [0.25, 0.3) is 0 Å². The zero-order chi connectivity index (χ0) is 14.7. The molecule has 6 heteroatoms. The van der Waals surface area contributed by atoms with Crippen molar-refractivity contribution in [2.45, 2.75) is 19.3 Å². The Morgan fingerprint density at radius 1 is 1.33 bits per heavy atom. The van der Waals surface area contributed by atoms with E-state index in [9.17, 15) is 4.79 Å². The Labute approximate surface area is 121 Å². The highest BCUT2D eigenvalue weighted by atomic mass is 16.4. The van der Waals surface area contributed by atoms with E-state index in [1.54, 1.807) is 0 Å². The minimum atomic E-state index is -1.13. The number of carboxylic acids is 1. The maximum atomic E-state index is 10.9. The van der Waals surface area contributed by atoms with Gasteiger partial charge in [-0.1, -0.05) is 11.8 Å².